The molecule has 2 rings (SSSR count). The highest BCUT2D eigenvalue weighted by atomic mass is 35.5. The second-order valence-electron chi connectivity index (χ2n) is 6.52. The number of amides is 2. The molecule has 0 spiro atoms. The summed E-state index contributed by atoms with van der Waals surface area (Å²) in [7, 11) is -3.73. The molecule has 0 heterocycles. The molecule has 9 heteroatoms. The van der Waals surface area contributed by atoms with E-state index in [1.807, 2.05) is 6.92 Å². The monoisotopic (exact) mass is 451 g/mol. The van der Waals surface area contributed by atoms with Crippen molar-refractivity contribution in [3.8, 4) is 0 Å². The Morgan fingerprint density at radius 3 is 2.33 bits per heavy atom. The van der Waals surface area contributed by atoms with E-state index in [9.17, 15) is 18.0 Å². The lowest BCUT2D eigenvalue weighted by atomic mass is 10.1. The first kappa shape index (κ1) is 23.9. The summed E-state index contributed by atoms with van der Waals surface area (Å²) in [6.45, 7) is 6.63. The molecule has 0 saturated heterocycles. The molecule has 0 aliphatic rings. The van der Waals surface area contributed by atoms with Gasteiger partial charge in [-0.1, -0.05) is 38.4 Å². The van der Waals surface area contributed by atoms with Gasteiger partial charge in [0.2, 0.25) is 10.0 Å². The molecule has 2 aromatic carbocycles. The second-order valence-corrected chi connectivity index (χ2v) is 8.87. The van der Waals surface area contributed by atoms with E-state index >= 15 is 0 Å². The number of nitrogens with one attached hydrogen (secondary N) is 2. The van der Waals surface area contributed by atoms with Crippen molar-refractivity contribution in [1.29, 1.82) is 0 Å². The van der Waals surface area contributed by atoms with Gasteiger partial charge < -0.3 is 10.6 Å². The number of halogens is 1. The van der Waals surface area contributed by atoms with Gasteiger partial charge in [-0.05, 0) is 42.8 Å². The van der Waals surface area contributed by atoms with Gasteiger partial charge in [0.15, 0.2) is 0 Å². The number of hydrogen-bond donors (Lipinski definition) is 2. The Balaban J connectivity index is 2.29. The molecule has 30 heavy (non-hydrogen) atoms. The minimum atomic E-state index is -3.73. The second kappa shape index (κ2) is 10.6. The van der Waals surface area contributed by atoms with Crippen molar-refractivity contribution in [2.75, 3.05) is 25.0 Å². The molecule has 0 aliphatic heterocycles. The first-order chi connectivity index (χ1) is 14.2. The highest BCUT2D eigenvalue weighted by Gasteiger charge is 2.24. The van der Waals surface area contributed by atoms with Crippen LogP contribution < -0.4 is 10.6 Å². The smallest absolute Gasteiger partial charge is 0.257 e. The van der Waals surface area contributed by atoms with Gasteiger partial charge in [0.1, 0.15) is 0 Å². The molecule has 0 fully saturated rings. The standard InChI is InChI=1S/C21H26ClN3O4S/c1-4-12-23-20(26)15-8-7-9-16(13-15)24-21(27)18-14-17(10-11-19(18)22)30(28,29)25(5-2)6-3/h7-11,13-14H,4-6,12H2,1-3H3,(H,23,26)(H,24,27). The maximum absolute atomic E-state index is 12.8. The zero-order valence-electron chi connectivity index (χ0n) is 17.2. The Hall–Kier alpha value is -2.42. The summed E-state index contributed by atoms with van der Waals surface area (Å²) in [6.07, 6.45) is 0.813. The van der Waals surface area contributed by atoms with Crippen molar-refractivity contribution in [2.45, 2.75) is 32.1 Å². The van der Waals surface area contributed by atoms with Crippen LogP contribution in [-0.2, 0) is 10.0 Å². The van der Waals surface area contributed by atoms with Crippen LogP contribution in [0.5, 0.6) is 0 Å². The maximum atomic E-state index is 12.8. The fourth-order valence-corrected chi connectivity index (χ4v) is 4.52. The van der Waals surface area contributed by atoms with Crippen LogP contribution in [0, 0.1) is 0 Å². The Kier molecular flexibility index (Phi) is 8.40. The van der Waals surface area contributed by atoms with Crippen LogP contribution in [0.1, 0.15) is 47.9 Å². The molecule has 7 nitrogen and oxygen atoms in total. The topological polar surface area (TPSA) is 95.6 Å². The SMILES string of the molecule is CCCNC(=O)c1cccc(NC(=O)c2cc(S(=O)(=O)N(CC)CC)ccc2Cl)c1. The van der Waals surface area contributed by atoms with Gasteiger partial charge in [-0.3, -0.25) is 9.59 Å². The highest BCUT2D eigenvalue weighted by Crippen LogP contribution is 2.24. The van der Waals surface area contributed by atoms with E-state index in [1.54, 1.807) is 38.1 Å². The van der Waals surface area contributed by atoms with Crippen LogP contribution in [0.2, 0.25) is 5.02 Å². The van der Waals surface area contributed by atoms with Crippen molar-refractivity contribution in [2.24, 2.45) is 0 Å². The minimum Gasteiger partial charge on any atom is -0.352 e. The average Bonchev–Trinajstić information content (AvgIpc) is 2.72. The van der Waals surface area contributed by atoms with E-state index in [2.05, 4.69) is 10.6 Å². The van der Waals surface area contributed by atoms with Gasteiger partial charge in [-0.25, -0.2) is 8.42 Å². The van der Waals surface area contributed by atoms with E-state index < -0.39 is 15.9 Å². The number of hydrogen-bond acceptors (Lipinski definition) is 4. The largest absolute Gasteiger partial charge is 0.352 e. The number of rotatable bonds is 9. The van der Waals surface area contributed by atoms with Crippen molar-refractivity contribution in [3.63, 3.8) is 0 Å². The predicted molar refractivity (Wildman–Crippen MR) is 119 cm³/mol. The zero-order valence-corrected chi connectivity index (χ0v) is 18.8. The molecular formula is C21H26ClN3O4S. The third-order valence-electron chi connectivity index (χ3n) is 4.44. The molecule has 0 aromatic heterocycles. The molecule has 162 valence electrons. The number of benzene rings is 2. The van der Waals surface area contributed by atoms with Crippen LogP contribution in [0.15, 0.2) is 47.4 Å². The summed E-state index contributed by atoms with van der Waals surface area (Å²) < 4.78 is 26.8. The van der Waals surface area contributed by atoms with Crippen molar-refractivity contribution >= 4 is 39.1 Å². The van der Waals surface area contributed by atoms with Gasteiger partial charge in [0.25, 0.3) is 11.8 Å². The van der Waals surface area contributed by atoms with E-state index in [1.165, 1.54) is 22.5 Å². The third kappa shape index (κ3) is 5.59. The van der Waals surface area contributed by atoms with Crippen LogP contribution >= 0.6 is 11.6 Å². The summed E-state index contributed by atoms with van der Waals surface area (Å²) in [4.78, 5) is 24.9. The first-order valence-corrected chi connectivity index (χ1v) is 11.6. The lowest BCUT2D eigenvalue weighted by Gasteiger charge is -2.19. The van der Waals surface area contributed by atoms with Gasteiger partial charge in [-0.2, -0.15) is 4.31 Å². The molecule has 2 aromatic rings. The van der Waals surface area contributed by atoms with Crippen molar-refractivity contribution in [1.82, 2.24) is 9.62 Å². The summed E-state index contributed by atoms with van der Waals surface area (Å²) in [5, 5.41) is 5.57. The fourth-order valence-electron chi connectivity index (χ4n) is 2.83. The van der Waals surface area contributed by atoms with Crippen molar-refractivity contribution in [3.05, 3.63) is 58.6 Å². The summed E-state index contributed by atoms with van der Waals surface area (Å²) in [6, 6.07) is 10.5. The number of nitrogens with zero attached hydrogens (tertiary/aromatic N) is 1. The van der Waals surface area contributed by atoms with E-state index in [0.717, 1.165) is 6.42 Å². The van der Waals surface area contributed by atoms with Gasteiger partial charge in [-0.15, -0.1) is 0 Å². The van der Waals surface area contributed by atoms with E-state index in [-0.39, 0.29) is 21.4 Å². The Morgan fingerprint density at radius 2 is 1.70 bits per heavy atom. The van der Waals surface area contributed by atoms with E-state index in [4.69, 9.17) is 11.6 Å². The quantitative estimate of drug-likeness (QED) is 0.606. The molecule has 0 saturated carbocycles. The summed E-state index contributed by atoms with van der Waals surface area (Å²) in [5.74, 6) is -0.805. The average molecular weight is 452 g/mol. The molecular weight excluding hydrogens is 426 g/mol. The van der Waals surface area contributed by atoms with Crippen LogP contribution in [0.3, 0.4) is 0 Å². The molecule has 0 radical (unpaired) electrons. The van der Waals surface area contributed by atoms with E-state index in [0.29, 0.717) is 30.9 Å². The molecule has 0 bridgehead atoms. The molecule has 0 atom stereocenters. The summed E-state index contributed by atoms with van der Waals surface area (Å²) >= 11 is 6.16. The zero-order chi connectivity index (χ0) is 22.3. The minimum absolute atomic E-state index is 0.00607. The lowest BCUT2D eigenvalue weighted by molar-refractivity contribution is 0.0952. The number of sulfonamides is 1. The number of carbonyl (C=O) groups excluding carboxylic acids is 2. The Morgan fingerprint density at radius 1 is 1.00 bits per heavy atom. The third-order valence-corrected chi connectivity index (χ3v) is 6.82. The molecule has 2 N–H and O–H groups in total. The molecule has 2 amide bonds. The summed E-state index contributed by atoms with van der Waals surface area (Å²) in [5.41, 5.74) is 0.841. The first-order valence-electron chi connectivity index (χ1n) is 9.73. The van der Waals surface area contributed by atoms with Gasteiger partial charge in [0.05, 0.1) is 15.5 Å². The number of anilines is 1. The van der Waals surface area contributed by atoms with Crippen LogP contribution in [0.4, 0.5) is 5.69 Å². The normalized spacial score (nSPS) is 11.4. The highest BCUT2D eigenvalue weighted by molar-refractivity contribution is 7.89. The van der Waals surface area contributed by atoms with Crippen LogP contribution in [-0.4, -0.2) is 44.2 Å². The van der Waals surface area contributed by atoms with Gasteiger partial charge in [0, 0.05) is 30.9 Å². The van der Waals surface area contributed by atoms with Crippen LogP contribution in [0.25, 0.3) is 0 Å². The predicted octanol–water partition coefficient (Wildman–Crippen LogP) is 3.76. The van der Waals surface area contributed by atoms with Gasteiger partial charge >= 0.3 is 0 Å². The Labute approximate surface area is 182 Å². The maximum Gasteiger partial charge on any atom is 0.257 e. The Bertz CT molecular complexity index is 1020. The lowest BCUT2D eigenvalue weighted by Crippen LogP contribution is -2.30. The molecule has 0 unspecified atom stereocenters. The van der Waals surface area contributed by atoms with Crippen molar-refractivity contribution < 1.29 is 18.0 Å². The molecule has 0 aliphatic carbocycles. The number of carbonyl (C=O) groups is 2. The fraction of sp³-hybridized carbons (Fsp3) is 0.333.